The molecule has 1 aliphatic rings. The van der Waals surface area contributed by atoms with Crippen molar-refractivity contribution >= 4 is 32.2 Å². The van der Waals surface area contributed by atoms with Gasteiger partial charge in [-0.05, 0) is 30.5 Å². The first-order chi connectivity index (χ1) is 17.8. The summed E-state index contributed by atoms with van der Waals surface area (Å²) < 4.78 is 31.2. The molecule has 0 unspecified atom stereocenters. The number of aromatic amines is 1. The number of H-pyrrole nitrogens is 1. The summed E-state index contributed by atoms with van der Waals surface area (Å²) in [5.41, 5.74) is 0.966. The second kappa shape index (κ2) is 8.68. The van der Waals surface area contributed by atoms with Crippen LogP contribution in [0.4, 0.5) is 0 Å². The molecule has 0 bridgehead atoms. The fourth-order valence-corrected chi connectivity index (χ4v) is 6.36. The van der Waals surface area contributed by atoms with Crippen LogP contribution in [-0.4, -0.2) is 74.1 Å². The number of nitrogens with zero attached hydrogens (tertiary/aromatic N) is 6. The molecule has 0 radical (unpaired) electrons. The highest BCUT2D eigenvalue weighted by Gasteiger charge is 2.32. The Kier molecular flexibility index (Phi) is 5.42. The van der Waals surface area contributed by atoms with Crippen molar-refractivity contribution in [1.29, 1.82) is 0 Å². The second-order valence-corrected chi connectivity index (χ2v) is 10.8. The number of sulfonamides is 1. The molecule has 1 N–H and O–H groups in total. The highest BCUT2D eigenvalue weighted by molar-refractivity contribution is 7.89. The van der Waals surface area contributed by atoms with Gasteiger partial charge in [0.15, 0.2) is 0 Å². The largest absolute Gasteiger partial charge is 0.336 e. The first kappa shape index (κ1) is 23.1. The molecule has 0 saturated carbocycles. The standard InChI is InChI=1S/C25H23N7O4S/c1-17-20(16-26-32(17)25-27-23(33)21-9-5-11-31(21)28-25)24(34)29-12-14-30(15-13-29)37(35,36)22-10-4-7-18-6-2-3-8-19(18)22/h2-11,16H,12-15H2,1H3,(H,27,28,33). The summed E-state index contributed by atoms with van der Waals surface area (Å²) in [5, 5.41) is 10.2. The second-order valence-electron chi connectivity index (χ2n) is 8.84. The number of aromatic nitrogens is 5. The van der Waals surface area contributed by atoms with Crippen molar-refractivity contribution in [2.24, 2.45) is 0 Å². The molecule has 1 fully saturated rings. The number of fused-ring (bicyclic) bond motifs is 2. The Morgan fingerprint density at radius 2 is 1.73 bits per heavy atom. The van der Waals surface area contributed by atoms with Crippen LogP contribution in [0.25, 0.3) is 22.2 Å². The Morgan fingerprint density at radius 1 is 0.973 bits per heavy atom. The highest BCUT2D eigenvalue weighted by Crippen LogP contribution is 2.26. The van der Waals surface area contributed by atoms with Crippen molar-refractivity contribution in [2.75, 3.05) is 26.2 Å². The summed E-state index contributed by atoms with van der Waals surface area (Å²) in [5.74, 6) is -0.0633. The zero-order valence-corrected chi connectivity index (χ0v) is 20.7. The van der Waals surface area contributed by atoms with Gasteiger partial charge in [-0.2, -0.15) is 9.40 Å². The third-order valence-corrected chi connectivity index (χ3v) is 8.68. The van der Waals surface area contributed by atoms with Crippen molar-refractivity contribution in [3.05, 3.63) is 88.6 Å². The predicted octanol–water partition coefficient (Wildman–Crippen LogP) is 1.82. The molecule has 1 saturated heterocycles. The molecule has 11 nitrogen and oxygen atoms in total. The van der Waals surface area contributed by atoms with E-state index in [1.54, 1.807) is 48.4 Å². The Bertz CT molecular complexity index is 1820. The fourth-order valence-electron chi connectivity index (χ4n) is 4.72. The van der Waals surface area contributed by atoms with Gasteiger partial charge in [0.05, 0.1) is 22.3 Å². The molecule has 37 heavy (non-hydrogen) atoms. The predicted molar refractivity (Wildman–Crippen MR) is 136 cm³/mol. The van der Waals surface area contributed by atoms with Crippen LogP contribution in [-0.2, 0) is 10.0 Å². The minimum absolute atomic E-state index is 0.184. The number of nitrogens with one attached hydrogen (secondary N) is 1. The van der Waals surface area contributed by atoms with Gasteiger partial charge in [0.25, 0.3) is 11.5 Å². The molecular formula is C25H23N7O4S. The minimum Gasteiger partial charge on any atom is -0.336 e. The summed E-state index contributed by atoms with van der Waals surface area (Å²) in [6.45, 7) is 2.59. The molecule has 0 aliphatic carbocycles. The minimum atomic E-state index is -3.73. The van der Waals surface area contributed by atoms with E-state index in [-0.39, 0.29) is 48.5 Å². The van der Waals surface area contributed by atoms with Gasteiger partial charge in [-0.3, -0.25) is 14.6 Å². The molecule has 1 amide bonds. The zero-order valence-electron chi connectivity index (χ0n) is 19.9. The average Bonchev–Trinajstić information content (AvgIpc) is 3.55. The molecule has 2 aromatic carbocycles. The van der Waals surface area contributed by atoms with Crippen molar-refractivity contribution in [3.8, 4) is 5.95 Å². The number of carbonyl (C=O) groups is 1. The normalized spacial score (nSPS) is 15.0. The lowest BCUT2D eigenvalue weighted by Crippen LogP contribution is -2.50. The first-order valence-corrected chi connectivity index (χ1v) is 13.2. The topological polar surface area (TPSA) is 126 Å². The number of hydrogen-bond donors (Lipinski definition) is 1. The van der Waals surface area contributed by atoms with E-state index in [4.69, 9.17) is 0 Å². The molecule has 188 valence electrons. The van der Waals surface area contributed by atoms with Crippen LogP contribution in [0, 0.1) is 6.92 Å². The van der Waals surface area contributed by atoms with Gasteiger partial charge in [-0.25, -0.2) is 17.6 Å². The first-order valence-electron chi connectivity index (χ1n) is 11.7. The van der Waals surface area contributed by atoms with Gasteiger partial charge < -0.3 is 4.90 Å². The SMILES string of the molecule is Cc1c(C(=O)N2CCN(S(=O)(=O)c3cccc4ccccc34)CC2)cnn1-c1nn2cccc2c(=O)[nH]1. The van der Waals surface area contributed by atoms with Crippen LogP contribution in [0.5, 0.6) is 0 Å². The summed E-state index contributed by atoms with van der Waals surface area (Å²) in [4.78, 5) is 30.2. The van der Waals surface area contributed by atoms with Gasteiger partial charge >= 0.3 is 0 Å². The molecular weight excluding hydrogens is 494 g/mol. The van der Waals surface area contributed by atoms with E-state index in [0.29, 0.717) is 22.2 Å². The molecule has 1 aliphatic heterocycles. The van der Waals surface area contributed by atoms with Crippen molar-refractivity contribution in [3.63, 3.8) is 0 Å². The van der Waals surface area contributed by atoms with Crippen LogP contribution in [0.1, 0.15) is 16.1 Å². The zero-order chi connectivity index (χ0) is 25.7. The Balaban J connectivity index is 1.21. The van der Waals surface area contributed by atoms with Crippen molar-refractivity contribution in [1.82, 2.24) is 33.6 Å². The van der Waals surface area contributed by atoms with E-state index in [0.717, 1.165) is 5.39 Å². The van der Waals surface area contributed by atoms with E-state index in [9.17, 15) is 18.0 Å². The quantitative estimate of drug-likeness (QED) is 0.388. The number of amides is 1. The number of rotatable bonds is 4. The van der Waals surface area contributed by atoms with E-state index >= 15 is 0 Å². The van der Waals surface area contributed by atoms with Gasteiger partial charge in [-0.15, -0.1) is 5.10 Å². The van der Waals surface area contributed by atoms with Crippen LogP contribution in [0.2, 0.25) is 0 Å². The molecule has 5 aromatic rings. The van der Waals surface area contributed by atoms with Crippen molar-refractivity contribution < 1.29 is 13.2 Å². The lowest BCUT2D eigenvalue weighted by atomic mass is 10.1. The number of benzene rings is 2. The Labute approximate surface area is 211 Å². The monoisotopic (exact) mass is 517 g/mol. The molecule has 0 spiro atoms. The summed E-state index contributed by atoms with van der Waals surface area (Å²) >= 11 is 0. The van der Waals surface area contributed by atoms with Gasteiger partial charge in [-0.1, -0.05) is 36.4 Å². The van der Waals surface area contributed by atoms with Gasteiger partial charge in [0.2, 0.25) is 16.0 Å². The molecule has 4 heterocycles. The number of hydrogen-bond acceptors (Lipinski definition) is 6. The Hall–Kier alpha value is -4.29. The maximum atomic E-state index is 13.4. The van der Waals surface area contributed by atoms with E-state index in [1.165, 1.54) is 19.7 Å². The van der Waals surface area contributed by atoms with E-state index in [1.807, 2.05) is 24.3 Å². The van der Waals surface area contributed by atoms with Gasteiger partial charge in [0, 0.05) is 37.8 Å². The van der Waals surface area contributed by atoms with Crippen LogP contribution < -0.4 is 5.56 Å². The molecule has 12 heteroatoms. The van der Waals surface area contributed by atoms with Crippen LogP contribution >= 0.6 is 0 Å². The summed E-state index contributed by atoms with van der Waals surface area (Å²) in [6, 6.07) is 16.0. The third kappa shape index (κ3) is 3.81. The third-order valence-electron chi connectivity index (χ3n) is 6.72. The smallest absolute Gasteiger partial charge is 0.276 e. The van der Waals surface area contributed by atoms with E-state index < -0.39 is 10.0 Å². The molecule has 0 atom stereocenters. The van der Waals surface area contributed by atoms with E-state index in [2.05, 4.69) is 15.2 Å². The van der Waals surface area contributed by atoms with Crippen LogP contribution in [0.3, 0.4) is 0 Å². The summed E-state index contributed by atoms with van der Waals surface area (Å²) in [6.07, 6.45) is 3.10. The van der Waals surface area contributed by atoms with Gasteiger partial charge in [0.1, 0.15) is 5.52 Å². The fraction of sp³-hybridized carbons (Fsp3) is 0.200. The lowest BCUT2D eigenvalue weighted by molar-refractivity contribution is 0.0697. The lowest BCUT2D eigenvalue weighted by Gasteiger charge is -2.34. The number of piperazine rings is 1. The highest BCUT2D eigenvalue weighted by atomic mass is 32.2. The number of carbonyl (C=O) groups excluding carboxylic acids is 1. The molecule has 3 aromatic heterocycles. The average molecular weight is 518 g/mol. The summed E-state index contributed by atoms with van der Waals surface area (Å²) in [7, 11) is -3.73. The van der Waals surface area contributed by atoms with Crippen LogP contribution in [0.15, 0.2) is 76.7 Å². The Morgan fingerprint density at radius 3 is 2.54 bits per heavy atom. The van der Waals surface area contributed by atoms with Crippen molar-refractivity contribution in [2.45, 2.75) is 11.8 Å². The maximum absolute atomic E-state index is 13.4. The maximum Gasteiger partial charge on any atom is 0.276 e. The molecule has 6 rings (SSSR count).